The highest BCUT2D eigenvalue weighted by Gasteiger charge is 2.20. The second-order valence-corrected chi connectivity index (χ2v) is 5.08. The summed E-state index contributed by atoms with van der Waals surface area (Å²) in [7, 11) is 0. The van der Waals surface area contributed by atoms with Gasteiger partial charge in [0.25, 0.3) is 0 Å². The summed E-state index contributed by atoms with van der Waals surface area (Å²) in [6.45, 7) is 5.76. The van der Waals surface area contributed by atoms with Gasteiger partial charge in [-0.1, -0.05) is 42.3 Å². The third-order valence-corrected chi connectivity index (χ3v) is 3.56. The van der Waals surface area contributed by atoms with Crippen molar-refractivity contribution < 1.29 is 0 Å². The van der Waals surface area contributed by atoms with Gasteiger partial charge in [0.1, 0.15) is 0 Å². The van der Waals surface area contributed by atoms with E-state index in [1.807, 2.05) is 28.9 Å². The zero-order valence-electron chi connectivity index (χ0n) is 11.0. The molecular formula is C14H17Cl2N3. The molecule has 1 unspecified atom stereocenters. The minimum atomic E-state index is 0.0252. The predicted octanol–water partition coefficient (Wildman–Crippen LogP) is 3.91. The summed E-state index contributed by atoms with van der Waals surface area (Å²) < 4.78 is 1.92. The molecule has 2 aromatic rings. The Bertz CT molecular complexity index is 534. The molecule has 3 nitrogen and oxygen atoms in total. The Labute approximate surface area is 123 Å². The van der Waals surface area contributed by atoms with Gasteiger partial charge >= 0.3 is 0 Å². The lowest BCUT2D eigenvalue weighted by Gasteiger charge is -2.20. The maximum absolute atomic E-state index is 6.29. The fraction of sp³-hybridized carbons (Fsp3) is 0.357. The first-order valence-corrected chi connectivity index (χ1v) is 7.13. The normalized spacial score (nSPS) is 12.6. The van der Waals surface area contributed by atoms with Crippen LogP contribution in [0.15, 0.2) is 30.5 Å². The third kappa shape index (κ3) is 3.11. The Kier molecular flexibility index (Phi) is 4.86. The summed E-state index contributed by atoms with van der Waals surface area (Å²) in [4.78, 5) is 0. The minimum Gasteiger partial charge on any atom is -0.305 e. The average molecular weight is 298 g/mol. The van der Waals surface area contributed by atoms with E-state index in [9.17, 15) is 0 Å². The summed E-state index contributed by atoms with van der Waals surface area (Å²) in [5.41, 5.74) is 2.12. The van der Waals surface area contributed by atoms with Crippen molar-refractivity contribution in [2.24, 2.45) is 0 Å². The molecule has 1 atom stereocenters. The zero-order chi connectivity index (χ0) is 13.8. The maximum Gasteiger partial charge on any atom is 0.0837 e. The lowest BCUT2D eigenvalue weighted by Crippen LogP contribution is -2.25. The summed E-state index contributed by atoms with van der Waals surface area (Å²) in [6, 6.07) is 7.83. The smallest absolute Gasteiger partial charge is 0.0837 e. The van der Waals surface area contributed by atoms with E-state index in [0.29, 0.717) is 5.02 Å². The number of hydrogen-bond donors (Lipinski definition) is 1. The van der Waals surface area contributed by atoms with Gasteiger partial charge in [-0.3, -0.25) is 4.68 Å². The molecule has 1 heterocycles. The molecule has 0 aliphatic heterocycles. The number of nitrogens with one attached hydrogen (secondary N) is 1. The van der Waals surface area contributed by atoms with Gasteiger partial charge in [-0.25, -0.2) is 0 Å². The number of nitrogens with zero attached hydrogens (tertiary/aromatic N) is 2. The number of halogens is 2. The van der Waals surface area contributed by atoms with E-state index in [-0.39, 0.29) is 6.04 Å². The van der Waals surface area contributed by atoms with Gasteiger partial charge in [-0.05, 0) is 31.2 Å². The van der Waals surface area contributed by atoms with Gasteiger partial charge in [0, 0.05) is 11.6 Å². The second kappa shape index (κ2) is 6.42. The molecule has 0 saturated heterocycles. The Morgan fingerprint density at radius 3 is 2.47 bits per heavy atom. The van der Waals surface area contributed by atoms with Crippen molar-refractivity contribution in [3.8, 4) is 0 Å². The van der Waals surface area contributed by atoms with E-state index < -0.39 is 0 Å². The van der Waals surface area contributed by atoms with Gasteiger partial charge in [0.15, 0.2) is 0 Å². The van der Waals surface area contributed by atoms with Crippen LogP contribution in [0.2, 0.25) is 10.0 Å². The quantitative estimate of drug-likeness (QED) is 0.907. The van der Waals surface area contributed by atoms with Crippen LogP contribution in [0, 0.1) is 0 Å². The van der Waals surface area contributed by atoms with E-state index in [1.54, 1.807) is 6.20 Å². The molecule has 0 radical (unpaired) electrons. The van der Waals surface area contributed by atoms with Crippen LogP contribution in [-0.2, 0) is 6.54 Å². The summed E-state index contributed by atoms with van der Waals surface area (Å²) in [5.74, 6) is 0. The fourth-order valence-electron chi connectivity index (χ4n) is 2.14. The zero-order valence-corrected chi connectivity index (χ0v) is 12.5. The first-order valence-electron chi connectivity index (χ1n) is 6.37. The highest BCUT2D eigenvalue weighted by Crippen LogP contribution is 2.29. The first kappa shape index (κ1) is 14.4. The van der Waals surface area contributed by atoms with E-state index in [0.717, 1.165) is 29.4 Å². The highest BCUT2D eigenvalue weighted by atomic mass is 35.5. The lowest BCUT2D eigenvalue weighted by molar-refractivity contribution is 0.542. The monoisotopic (exact) mass is 297 g/mol. The van der Waals surface area contributed by atoms with Gasteiger partial charge in [0.2, 0.25) is 0 Å². The average Bonchev–Trinajstić information content (AvgIpc) is 2.78. The molecule has 19 heavy (non-hydrogen) atoms. The molecule has 1 aromatic heterocycles. The topological polar surface area (TPSA) is 29.9 Å². The van der Waals surface area contributed by atoms with Crippen molar-refractivity contribution in [3.05, 3.63) is 51.8 Å². The molecule has 0 bridgehead atoms. The maximum atomic E-state index is 6.29. The SMILES string of the molecule is CCNC(c1ccc(Cl)cc1)c1c(Cl)cnn1CC. The fourth-order valence-corrected chi connectivity index (χ4v) is 2.52. The van der Waals surface area contributed by atoms with Crippen LogP contribution in [-0.4, -0.2) is 16.3 Å². The Morgan fingerprint density at radius 2 is 1.89 bits per heavy atom. The predicted molar refractivity (Wildman–Crippen MR) is 79.9 cm³/mol. The Balaban J connectivity index is 2.44. The molecule has 0 aliphatic rings. The molecule has 102 valence electrons. The largest absolute Gasteiger partial charge is 0.305 e. The molecule has 0 fully saturated rings. The van der Waals surface area contributed by atoms with Crippen molar-refractivity contribution in [1.29, 1.82) is 0 Å². The Morgan fingerprint density at radius 1 is 1.21 bits per heavy atom. The van der Waals surface area contributed by atoms with Crippen LogP contribution < -0.4 is 5.32 Å². The molecule has 2 rings (SSSR count). The lowest BCUT2D eigenvalue weighted by atomic mass is 10.0. The molecular weight excluding hydrogens is 281 g/mol. The summed E-state index contributed by atoms with van der Waals surface area (Å²) >= 11 is 12.2. The number of aromatic nitrogens is 2. The van der Waals surface area contributed by atoms with E-state index in [2.05, 4.69) is 24.3 Å². The van der Waals surface area contributed by atoms with E-state index in [1.165, 1.54) is 0 Å². The van der Waals surface area contributed by atoms with Crippen molar-refractivity contribution in [2.45, 2.75) is 26.4 Å². The van der Waals surface area contributed by atoms with Crippen LogP contribution in [0.4, 0.5) is 0 Å². The standard InChI is InChI=1S/C14H17Cl2N3/c1-3-17-13(10-5-7-11(15)8-6-10)14-12(16)9-18-19(14)4-2/h5-9,13,17H,3-4H2,1-2H3. The molecule has 0 saturated carbocycles. The molecule has 0 aliphatic carbocycles. The highest BCUT2D eigenvalue weighted by molar-refractivity contribution is 6.31. The summed E-state index contributed by atoms with van der Waals surface area (Å²) in [5, 5.41) is 9.16. The van der Waals surface area contributed by atoms with Gasteiger partial charge in [0.05, 0.1) is 23.0 Å². The van der Waals surface area contributed by atoms with Gasteiger partial charge in [-0.15, -0.1) is 0 Å². The molecule has 0 amide bonds. The minimum absolute atomic E-state index is 0.0252. The van der Waals surface area contributed by atoms with Crippen molar-refractivity contribution in [2.75, 3.05) is 6.54 Å². The van der Waals surface area contributed by atoms with Crippen LogP contribution >= 0.6 is 23.2 Å². The number of hydrogen-bond acceptors (Lipinski definition) is 2. The number of aryl methyl sites for hydroxylation is 1. The van der Waals surface area contributed by atoms with Gasteiger partial charge in [-0.2, -0.15) is 5.10 Å². The van der Waals surface area contributed by atoms with Gasteiger partial charge < -0.3 is 5.32 Å². The Hall–Kier alpha value is -1.03. The molecule has 5 heteroatoms. The summed E-state index contributed by atoms with van der Waals surface area (Å²) in [6.07, 6.45) is 1.70. The van der Waals surface area contributed by atoms with Crippen LogP contribution in [0.3, 0.4) is 0 Å². The number of benzene rings is 1. The third-order valence-electron chi connectivity index (χ3n) is 3.02. The molecule has 1 N–H and O–H groups in total. The van der Waals surface area contributed by atoms with Crippen molar-refractivity contribution in [1.82, 2.24) is 15.1 Å². The van der Waals surface area contributed by atoms with Crippen molar-refractivity contribution >= 4 is 23.2 Å². The molecule has 0 spiro atoms. The van der Waals surface area contributed by atoms with E-state index in [4.69, 9.17) is 23.2 Å². The van der Waals surface area contributed by atoms with E-state index >= 15 is 0 Å². The number of rotatable bonds is 5. The first-order chi connectivity index (χ1) is 9.17. The van der Waals surface area contributed by atoms with Crippen LogP contribution in [0.1, 0.15) is 31.1 Å². The molecule has 1 aromatic carbocycles. The van der Waals surface area contributed by atoms with Crippen LogP contribution in [0.5, 0.6) is 0 Å². The second-order valence-electron chi connectivity index (χ2n) is 4.24. The van der Waals surface area contributed by atoms with Crippen molar-refractivity contribution in [3.63, 3.8) is 0 Å². The van der Waals surface area contributed by atoms with Crippen LogP contribution in [0.25, 0.3) is 0 Å².